The SMILES string of the molecule is C=C(C(=O)OC)C(OC(=O)OC(C)(C)C)c1cccs1. The van der Waals surface area contributed by atoms with Crippen molar-refractivity contribution in [2.45, 2.75) is 32.5 Å². The lowest BCUT2D eigenvalue weighted by molar-refractivity contribution is -0.137. The second kappa shape index (κ2) is 6.56. The van der Waals surface area contributed by atoms with Crippen molar-refractivity contribution in [1.82, 2.24) is 0 Å². The standard InChI is InChI=1S/C14H18O5S/c1-9(12(15)17-5)11(10-7-6-8-20-10)18-13(16)19-14(2,3)4/h6-8,11H,1H2,2-5H3. The molecule has 0 bridgehead atoms. The van der Waals surface area contributed by atoms with Gasteiger partial charge in [0.25, 0.3) is 0 Å². The molecule has 1 rings (SSSR count). The summed E-state index contributed by atoms with van der Waals surface area (Å²) in [5.41, 5.74) is -0.634. The molecule has 1 unspecified atom stereocenters. The number of hydrogen-bond donors (Lipinski definition) is 0. The molecule has 110 valence electrons. The number of rotatable bonds is 4. The van der Waals surface area contributed by atoms with E-state index in [2.05, 4.69) is 11.3 Å². The van der Waals surface area contributed by atoms with Crippen LogP contribution < -0.4 is 0 Å². The van der Waals surface area contributed by atoms with E-state index in [-0.39, 0.29) is 5.57 Å². The summed E-state index contributed by atoms with van der Waals surface area (Å²) in [5.74, 6) is -0.632. The maximum absolute atomic E-state index is 11.7. The highest BCUT2D eigenvalue weighted by atomic mass is 32.1. The third-order valence-corrected chi connectivity index (χ3v) is 3.08. The van der Waals surface area contributed by atoms with Gasteiger partial charge in [-0.3, -0.25) is 0 Å². The summed E-state index contributed by atoms with van der Waals surface area (Å²) in [4.78, 5) is 24.0. The highest BCUT2D eigenvalue weighted by molar-refractivity contribution is 7.10. The van der Waals surface area contributed by atoms with Gasteiger partial charge in [-0.05, 0) is 32.2 Å². The van der Waals surface area contributed by atoms with E-state index in [0.717, 1.165) is 0 Å². The van der Waals surface area contributed by atoms with Gasteiger partial charge in [0.1, 0.15) is 5.60 Å². The predicted octanol–water partition coefficient (Wildman–Crippen LogP) is 3.47. The van der Waals surface area contributed by atoms with Crippen LogP contribution in [-0.4, -0.2) is 24.8 Å². The topological polar surface area (TPSA) is 61.8 Å². The number of carbonyl (C=O) groups is 2. The number of hydrogen-bond acceptors (Lipinski definition) is 6. The average Bonchev–Trinajstić information content (AvgIpc) is 2.85. The van der Waals surface area contributed by atoms with Gasteiger partial charge >= 0.3 is 12.1 Å². The van der Waals surface area contributed by atoms with Crippen LogP contribution in [0.15, 0.2) is 29.7 Å². The van der Waals surface area contributed by atoms with Crippen molar-refractivity contribution < 1.29 is 23.8 Å². The van der Waals surface area contributed by atoms with E-state index >= 15 is 0 Å². The minimum atomic E-state index is -0.905. The lowest BCUT2D eigenvalue weighted by Crippen LogP contribution is -2.26. The molecule has 0 radical (unpaired) electrons. The minimum Gasteiger partial charge on any atom is -0.466 e. The molecule has 0 fully saturated rings. The van der Waals surface area contributed by atoms with E-state index < -0.39 is 23.8 Å². The van der Waals surface area contributed by atoms with E-state index in [0.29, 0.717) is 4.88 Å². The normalized spacial score (nSPS) is 12.4. The van der Waals surface area contributed by atoms with E-state index in [1.165, 1.54) is 18.4 Å². The van der Waals surface area contributed by atoms with Crippen molar-refractivity contribution in [3.05, 3.63) is 34.5 Å². The maximum Gasteiger partial charge on any atom is 0.509 e. The highest BCUT2D eigenvalue weighted by Crippen LogP contribution is 2.30. The van der Waals surface area contributed by atoms with Crippen molar-refractivity contribution in [3.63, 3.8) is 0 Å². The van der Waals surface area contributed by atoms with Crippen LogP contribution in [0.3, 0.4) is 0 Å². The summed E-state index contributed by atoms with van der Waals surface area (Å²) in [7, 11) is 1.24. The molecule has 0 amide bonds. The van der Waals surface area contributed by atoms with Crippen LogP contribution in [0.25, 0.3) is 0 Å². The van der Waals surface area contributed by atoms with Gasteiger partial charge in [0, 0.05) is 0 Å². The van der Waals surface area contributed by atoms with Gasteiger partial charge in [-0.2, -0.15) is 0 Å². The number of ether oxygens (including phenoxy) is 3. The van der Waals surface area contributed by atoms with Gasteiger partial charge in [0.05, 0.1) is 17.6 Å². The van der Waals surface area contributed by atoms with Crippen molar-refractivity contribution in [2.75, 3.05) is 7.11 Å². The number of methoxy groups -OCH3 is 1. The molecule has 0 aliphatic carbocycles. The highest BCUT2D eigenvalue weighted by Gasteiger charge is 2.28. The second-order valence-electron chi connectivity index (χ2n) is 4.99. The fourth-order valence-electron chi connectivity index (χ4n) is 1.35. The second-order valence-corrected chi connectivity index (χ2v) is 5.97. The Hall–Kier alpha value is -1.82. The molecular weight excluding hydrogens is 280 g/mol. The Morgan fingerprint density at radius 1 is 1.35 bits per heavy atom. The summed E-state index contributed by atoms with van der Waals surface area (Å²) in [6.07, 6.45) is -1.77. The molecule has 1 atom stereocenters. The summed E-state index contributed by atoms with van der Waals surface area (Å²) in [6.45, 7) is 8.81. The van der Waals surface area contributed by atoms with E-state index in [9.17, 15) is 9.59 Å². The molecule has 0 saturated carbocycles. The smallest absolute Gasteiger partial charge is 0.466 e. The lowest BCUT2D eigenvalue weighted by Gasteiger charge is -2.22. The molecule has 6 heteroatoms. The Labute approximate surface area is 122 Å². The van der Waals surface area contributed by atoms with Crippen LogP contribution in [0, 0.1) is 0 Å². The molecule has 5 nitrogen and oxygen atoms in total. The van der Waals surface area contributed by atoms with Gasteiger partial charge < -0.3 is 14.2 Å². The fourth-order valence-corrected chi connectivity index (χ4v) is 2.14. The van der Waals surface area contributed by atoms with Crippen LogP contribution in [0.4, 0.5) is 4.79 Å². The Morgan fingerprint density at radius 3 is 2.45 bits per heavy atom. The molecule has 0 aliphatic rings. The Bertz CT molecular complexity index is 484. The van der Waals surface area contributed by atoms with Crippen molar-refractivity contribution in [2.24, 2.45) is 0 Å². The van der Waals surface area contributed by atoms with Gasteiger partial charge in [-0.25, -0.2) is 9.59 Å². The summed E-state index contributed by atoms with van der Waals surface area (Å²) in [5, 5.41) is 1.81. The van der Waals surface area contributed by atoms with Gasteiger partial charge in [-0.1, -0.05) is 12.6 Å². The Kier molecular flexibility index (Phi) is 5.33. The quantitative estimate of drug-likeness (QED) is 0.629. The van der Waals surface area contributed by atoms with Gasteiger partial charge in [0.2, 0.25) is 0 Å². The van der Waals surface area contributed by atoms with E-state index in [1.54, 1.807) is 32.9 Å². The summed E-state index contributed by atoms with van der Waals surface area (Å²) in [6, 6.07) is 3.53. The predicted molar refractivity (Wildman–Crippen MR) is 75.5 cm³/mol. The Morgan fingerprint density at radius 2 is 2.00 bits per heavy atom. The molecule has 0 saturated heterocycles. The molecule has 0 N–H and O–H groups in total. The minimum absolute atomic E-state index is 0.0424. The van der Waals surface area contributed by atoms with Gasteiger partial charge in [-0.15, -0.1) is 11.3 Å². The molecule has 1 aromatic rings. The molecule has 1 heterocycles. The zero-order valence-electron chi connectivity index (χ0n) is 12.0. The molecule has 0 spiro atoms. The zero-order valence-corrected chi connectivity index (χ0v) is 12.8. The Balaban J connectivity index is 2.88. The molecule has 0 aliphatic heterocycles. The zero-order chi connectivity index (χ0) is 15.3. The molecular formula is C14H18O5S. The summed E-state index contributed by atoms with van der Waals surface area (Å²) < 4.78 is 14.9. The first kappa shape index (κ1) is 16.2. The van der Waals surface area contributed by atoms with Crippen LogP contribution in [-0.2, 0) is 19.0 Å². The van der Waals surface area contributed by atoms with Crippen LogP contribution in [0.5, 0.6) is 0 Å². The lowest BCUT2D eigenvalue weighted by atomic mass is 10.1. The van der Waals surface area contributed by atoms with E-state index in [1.807, 2.05) is 5.38 Å². The number of esters is 1. The molecule has 1 aromatic heterocycles. The van der Waals surface area contributed by atoms with E-state index in [4.69, 9.17) is 9.47 Å². The fraction of sp³-hybridized carbons (Fsp3) is 0.429. The largest absolute Gasteiger partial charge is 0.509 e. The summed E-state index contributed by atoms with van der Waals surface area (Å²) >= 11 is 1.35. The molecule has 0 aromatic carbocycles. The average molecular weight is 298 g/mol. The van der Waals surface area contributed by atoms with Crippen LogP contribution in [0.2, 0.25) is 0 Å². The van der Waals surface area contributed by atoms with Crippen molar-refractivity contribution in [3.8, 4) is 0 Å². The monoisotopic (exact) mass is 298 g/mol. The third kappa shape index (κ3) is 4.70. The molecule has 20 heavy (non-hydrogen) atoms. The first-order valence-electron chi connectivity index (χ1n) is 5.94. The van der Waals surface area contributed by atoms with Gasteiger partial charge in [0.15, 0.2) is 6.10 Å². The number of carbonyl (C=O) groups excluding carboxylic acids is 2. The van der Waals surface area contributed by atoms with Crippen LogP contribution >= 0.6 is 11.3 Å². The third-order valence-electron chi connectivity index (χ3n) is 2.17. The maximum atomic E-state index is 11.7. The first-order valence-corrected chi connectivity index (χ1v) is 6.82. The number of thiophene rings is 1. The van der Waals surface area contributed by atoms with Crippen molar-refractivity contribution >= 4 is 23.5 Å². The van der Waals surface area contributed by atoms with Crippen LogP contribution in [0.1, 0.15) is 31.8 Å². The van der Waals surface area contributed by atoms with Crippen molar-refractivity contribution in [1.29, 1.82) is 0 Å². The first-order chi connectivity index (χ1) is 9.24.